The molecule has 0 unspecified atom stereocenters. The van der Waals surface area contributed by atoms with E-state index in [1.807, 2.05) is 24.3 Å². The van der Waals surface area contributed by atoms with Crippen molar-refractivity contribution in [1.29, 1.82) is 0 Å². The summed E-state index contributed by atoms with van der Waals surface area (Å²) >= 11 is 0. The third-order valence-corrected chi connectivity index (χ3v) is 3.75. The molecule has 2 rings (SSSR count). The maximum Gasteiger partial charge on any atom is 1.00 e. The summed E-state index contributed by atoms with van der Waals surface area (Å²) < 4.78 is 0. The van der Waals surface area contributed by atoms with E-state index in [0.29, 0.717) is 6.54 Å². The molecule has 0 aliphatic heterocycles. The average Bonchev–Trinajstić information content (AvgIpc) is 3.03. The molecule has 0 fully saturated rings. The van der Waals surface area contributed by atoms with Crippen LogP contribution < -0.4 is 0 Å². The molecule has 2 N–H and O–H groups in total. The van der Waals surface area contributed by atoms with Crippen LogP contribution in [0.4, 0.5) is 0 Å². The van der Waals surface area contributed by atoms with Crippen molar-refractivity contribution >= 4 is 11.0 Å². The molecule has 5 heteroatoms. The van der Waals surface area contributed by atoms with Crippen LogP contribution >= 0.6 is 0 Å². The van der Waals surface area contributed by atoms with Crippen LogP contribution in [-0.2, 0) is 22.4 Å². The minimum absolute atomic E-state index is 0. The van der Waals surface area contributed by atoms with Gasteiger partial charge in [-0.2, -0.15) is 22.0 Å². The van der Waals surface area contributed by atoms with Crippen LogP contribution in [0.2, 0.25) is 0 Å². The van der Waals surface area contributed by atoms with E-state index in [2.05, 4.69) is 22.3 Å². The van der Waals surface area contributed by atoms with Gasteiger partial charge < -0.3 is 5.73 Å². The fourth-order valence-electron chi connectivity index (χ4n) is 2.40. The van der Waals surface area contributed by atoms with Gasteiger partial charge in [0.05, 0.1) is 0 Å². The van der Waals surface area contributed by atoms with Gasteiger partial charge in [-0.15, -0.1) is 0 Å². The fraction of sp³-hybridized carbons (Fsp3) is 0.667. The molecule has 0 atom stereocenters. The first-order valence-corrected chi connectivity index (χ1v) is 8.78. The number of aromatic amines is 1. The molecule has 1 heterocycles. The van der Waals surface area contributed by atoms with E-state index in [9.17, 15) is 0 Å². The monoisotopic (exact) mass is 410 g/mol. The molecule has 0 bridgehead atoms. The molecule has 0 saturated carbocycles. The molecule has 0 aliphatic carbocycles. The molecule has 0 aliphatic rings. The molecule has 0 spiro atoms. The van der Waals surface area contributed by atoms with Gasteiger partial charge in [0.25, 0.3) is 0 Å². The van der Waals surface area contributed by atoms with Gasteiger partial charge in [-0.05, 0) is 12.1 Å². The smallest absolute Gasteiger partial charge is 0.677 e. The quantitative estimate of drug-likeness (QED) is 0.390. The zero-order valence-corrected chi connectivity index (χ0v) is 15.8. The predicted molar refractivity (Wildman–Crippen MR) is 94.9 cm³/mol. The van der Waals surface area contributed by atoms with Crippen molar-refractivity contribution in [3.8, 4) is 0 Å². The Morgan fingerprint density at radius 3 is 1.65 bits per heavy atom. The summed E-state index contributed by atoms with van der Waals surface area (Å²) in [6.07, 6.45) is 13.6. The first kappa shape index (κ1) is 22.3. The van der Waals surface area contributed by atoms with Crippen molar-refractivity contribution in [2.24, 2.45) is 0 Å². The van der Waals surface area contributed by atoms with Crippen molar-refractivity contribution in [3.05, 3.63) is 30.0 Å². The Kier molecular flexibility index (Phi) is 15.7. The van der Waals surface area contributed by atoms with Crippen molar-refractivity contribution in [3.63, 3.8) is 0 Å². The summed E-state index contributed by atoms with van der Waals surface area (Å²) in [6.45, 7) is 2.89. The third kappa shape index (κ3) is 11.5. The van der Waals surface area contributed by atoms with E-state index in [1.54, 1.807) is 0 Å². The second kappa shape index (κ2) is 16.2. The van der Waals surface area contributed by atoms with Crippen LogP contribution in [0.25, 0.3) is 16.8 Å². The number of nitrogens with one attached hydrogen (secondary N) is 2. The standard InChI is InChI=1S/C12H26N.C6H5N3.Ag/c1-2-3-4-5-6-7-8-9-10-11-12-13;1-2-4-6-5(3-1)7-9-8-6;/h13H,2-12H2,1H3;1-4H,(H,7,8,9);/q-1;;+1. The Morgan fingerprint density at radius 1 is 0.783 bits per heavy atom. The minimum atomic E-state index is 0. The first-order chi connectivity index (χ1) is 10.9. The Balaban J connectivity index is 0.000000421. The molecule has 0 radical (unpaired) electrons. The number of nitrogens with zero attached hydrogens (tertiary/aromatic N) is 2. The number of para-hydroxylation sites is 2. The molecule has 1 aromatic carbocycles. The number of aromatic nitrogens is 3. The minimum Gasteiger partial charge on any atom is -0.677 e. The second-order valence-electron chi connectivity index (χ2n) is 5.74. The summed E-state index contributed by atoms with van der Waals surface area (Å²) in [5.74, 6) is 0. The zero-order chi connectivity index (χ0) is 15.9. The molecule has 134 valence electrons. The molecule has 0 saturated heterocycles. The van der Waals surface area contributed by atoms with Crippen LogP contribution in [-0.4, -0.2) is 22.0 Å². The maximum absolute atomic E-state index is 7.00. The van der Waals surface area contributed by atoms with Crippen molar-refractivity contribution in [2.45, 2.75) is 71.1 Å². The van der Waals surface area contributed by atoms with Gasteiger partial charge in [-0.3, -0.25) is 0 Å². The number of rotatable bonds is 10. The van der Waals surface area contributed by atoms with E-state index in [0.717, 1.165) is 17.5 Å². The van der Waals surface area contributed by atoms with Gasteiger partial charge in [0.2, 0.25) is 0 Å². The number of unbranched alkanes of at least 4 members (excludes halogenated alkanes) is 9. The van der Waals surface area contributed by atoms with Crippen LogP contribution in [0.5, 0.6) is 0 Å². The number of hydrogen-bond acceptors (Lipinski definition) is 2. The summed E-state index contributed by atoms with van der Waals surface area (Å²) in [7, 11) is 0. The van der Waals surface area contributed by atoms with Crippen molar-refractivity contribution in [1.82, 2.24) is 15.4 Å². The van der Waals surface area contributed by atoms with E-state index in [1.165, 1.54) is 57.8 Å². The van der Waals surface area contributed by atoms with E-state index in [-0.39, 0.29) is 22.4 Å². The van der Waals surface area contributed by atoms with Crippen molar-refractivity contribution < 1.29 is 22.4 Å². The normalized spacial score (nSPS) is 10.0. The van der Waals surface area contributed by atoms with Gasteiger partial charge in [0.15, 0.2) is 0 Å². The predicted octanol–water partition coefficient (Wildman–Crippen LogP) is 5.91. The van der Waals surface area contributed by atoms with Crippen molar-refractivity contribution in [2.75, 3.05) is 6.54 Å². The Hall–Kier alpha value is -0.680. The first-order valence-electron chi connectivity index (χ1n) is 8.78. The Labute approximate surface area is 156 Å². The molecular formula is C18H31AgN4. The molecule has 0 amide bonds. The second-order valence-corrected chi connectivity index (χ2v) is 5.74. The molecule has 4 nitrogen and oxygen atoms in total. The number of fused-ring (bicyclic) bond motifs is 1. The van der Waals surface area contributed by atoms with Crippen LogP contribution in [0.15, 0.2) is 24.3 Å². The van der Waals surface area contributed by atoms with Gasteiger partial charge >= 0.3 is 22.4 Å². The van der Waals surface area contributed by atoms with Gasteiger partial charge in [0.1, 0.15) is 11.0 Å². The molecule has 2 aromatic rings. The fourth-order valence-corrected chi connectivity index (χ4v) is 2.40. The summed E-state index contributed by atoms with van der Waals surface area (Å²) in [4.78, 5) is 0. The summed E-state index contributed by atoms with van der Waals surface area (Å²) in [5.41, 5.74) is 8.82. The number of hydrogen-bond donors (Lipinski definition) is 1. The largest absolute Gasteiger partial charge is 1.00 e. The maximum atomic E-state index is 7.00. The average molecular weight is 411 g/mol. The van der Waals surface area contributed by atoms with E-state index < -0.39 is 0 Å². The number of H-pyrrole nitrogens is 1. The Bertz CT molecular complexity index is 432. The number of benzene rings is 1. The zero-order valence-electron chi connectivity index (χ0n) is 14.3. The van der Waals surface area contributed by atoms with Crippen LogP contribution in [0.3, 0.4) is 0 Å². The molecule has 23 heavy (non-hydrogen) atoms. The SMILES string of the molecule is CCCCCCCCCCCC[NH-].[Ag+].c1ccc2n[nH]nc2c1. The van der Waals surface area contributed by atoms with Gasteiger partial charge in [-0.1, -0.05) is 83.3 Å². The molecular weight excluding hydrogens is 380 g/mol. The Morgan fingerprint density at radius 2 is 1.22 bits per heavy atom. The van der Waals surface area contributed by atoms with E-state index in [4.69, 9.17) is 5.73 Å². The summed E-state index contributed by atoms with van der Waals surface area (Å²) in [5, 5.41) is 10.3. The topological polar surface area (TPSA) is 65.4 Å². The van der Waals surface area contributed by atoms with Gasteiger partial charge in [-0.25, -0.2) is 0 Å². The van der Waals surface area contributed by atoms with Crippen LogP contribution in [0, 0.1) is 0 Å². The third-order valence-electron chi connectivity index (χ3n) is 3.75. The summed E-state index contributed by atoms with van der Waals surface area (Å²) in [6, 6.07) is 7.70. The molecule has 1 aromatic heterocycles. The van der Waals surface area contributed by atoms with Crippen LogP contribution in [0.1, 0.15) is 71.1 Å². The van der Waals surface area contributed by atoms with E-state index >= 15 is 0 Å². The van der Waals surface area contributed by atoms with Gasteiger partial charge in [0, 0.05) is 0 Å².